The van der Waals surface area contributed by atoms with Crippen molar-refractivity contribution in [2.75, 3.05) is 20.2 Å². The number of para-hydroxylation sites is 1. The fraction of sp³-hybridized carbons (Fsp3) is 0.500. The molecule has 1 aromatic carbocycles. The topological polar surface area (TPSA) is 49.8 Å². The summed E-state index contributed by atoms with van der Waals surface area (Å²) >= 11 is 0. The number of hydrogen-bond donors (Lipinski definition) is 1. The molecule has 1 aliphatic heterocycles. The van der Waals surface area contributed by atoms with Crippen LogP contribution < -0.4 is 4.74 Å². The molecule has 0 aliphatic carbocycles. The number of carbonyl (C=O) groups is 1. The molecule has 2 rings (SSSR count). The van der Waals surface area contributed by atoms with E-state index in [-0.39, 0.29) is 6.42 Å². The summed E-state index contributed by atoms with van der Waals surface area (Å²) < 4.78 is 5.39. The van der Waals surface area contributed by atoms with E-state index in [1.807, 2.05) is 18.2 Å². The molecule has 1 saturated heterocycles. The van der Waals surface area contributed by atoms with Gasteiger partial charge in [-0.25, -0.2) is 0 Å². The molecule has 4 heteroatoms. The van der Waals surface area contributed by atoms with Crippen molar-refractivity contribution in [2.45, 2.75) is 25.3 Å². The fourth-order valence-electron chi connectivity index (χ4n) is 2.63. The Labute approximate surface area is 107 Å². The monoisotopic (exact) mass is 249 g/mol. The Kier molecular flexibility index (Phi) is 4.20. The van der Waals surface area contributed by atoms with Crippen LogP contribution in [-0.4, -0.2) is 36.2 Å². The maximum absolute atomic E-state index is 10.7. The molecule has 0 unspecified atom stereocenters. The minimum absolute atomic E-state index is 0.200. The number of hydrogen-bond acceptors (Lipinski definition) is 3. The summed E-state index contributed by atoms with van der Waals surface area (Å²) in [4.78, 5) is 12.9. The molecule has 4 nitrogen and oxygen atoms in total. The Bertz CT molecular complexity index is 419. The maximum Gasteiger partial charge on any atom is 0.304 e. The van der Waals surface area contributed by atoms with E-state index in [2.05, 4.69) is 11.0 Å². The number of nitrogens with zero attached hydrogens (tertiary/aromatic N) is 1. The molecule has 1 atom stereocenters. The van der Waals surface area contributed by atoms with E-state index < -0.39 is 5.97 Å². The van der Waals surface area contributed by atoms with E-state index in [0.29, 0.717) is 12.6 Å². The van der Waals surface area contributed by atoms with Gasteiger partial charge in [0.2, 0.25) is 0 Å². The van der Waals surface area contributed by atoms with E-state index in [9.17, 15) is 4.79 Å². The van der Waals surface area contributed by atoms with E-state index in [1.54, 1.807) is 7.11 Å². The number of benzene rings is 1. The van der Waals surface area contributed by atoms with Crippen LogP contribution in [0.15, 0.2) is 24.3 Å². The molecule has 0 saturated carbocycles. The minimum atomic E-state index is -0.735. The van der Waals surface area contributed by atoms with Crippen molar-refractivity contribution in [2.24, 2.45) is 0 Å². The van der Waals surface area contributed by atoms with E-state index >= 15 is 0 Å². The summed E-state index contributed by atoms with van der Waals surface area (Å²) in [6.45, 7) is 1.58. The fourth-order valence-corrected chi connectivity index (χ4v) is 2.63. The Morgan fingerprint density at radius 1 is 1.50 bits per heavy atom. The highest BCUT2D eigenvalue weighted by Gasteiger charge is 2.28. The summed E-state index contributed by atoms with van der Waals surface area (Å²) in [7, 11) is 1.68. The third-order valence-corrected chi connectivity index (χ3v) is 3.47. The van der Waals surface area contributed by atoms with Gasteiger partial charge in [-0.2, -0.15) is 0 Å². The second-order valence-electron chi connectivity index (χ2n) is 4.58. The van der Waals surface area contributed by atoms with Crippen LogP contribution in [0.3, 0.4) is 0 Å². The van der Waals surface area contributed by atoms with Crippen LogP contribution in [0.1, 0.15) is 30.9 Å². The zero-order valence-electron chi connectivity index (χ0n) is 10.6. The van der Waals surface area contributed by atoms with Crippen LogP contribution in [0.2, 0.25) is 0 Å². The summed E-state index contributed by atoms with van der Waals surface area (Å²) in [5, 5.41) is 8.78. The first-order valence-electron chi connectivity index (χ1n) is 6.31. The van der Waals surface area contributed by atoms with E-state index in [1.165, 1.54) is 5.56 Å². The van der Waals surface area contributed by atoms with E-state index in [0.717, 1.165) is 25.1 Å². The van der Waals surface area contributed by atoms with Gasteiger partial charge in [-0.1, -0.05) is 18.2 Å². The number of rotatable bonds is 5. The standard InChI is InChI=1S/C14H19NO3/c1-18-13-7-3-2-5-11(13)12-6-4-9-15(12)10-8-14(16)17/h2-3,5,7,12H,4,6,8-10H2,1H3,(H,16,17)/t12-/m1/s1. The quantitative estimate of drug-likeness (QED) is 0.870. The lowest BCUT2D eigenvalue weighted by molar-refractivity contribution is -0.137. The van der Waals surface area contributed by atoms with Crippen molar-refractivity contribution in [3.05, 3.63) is 29.8 Å². The Hall–Kier alpha value is -1.55. The van der Waals surface area contributed by atoms with Gasteiger partial charge in [0.15, 0.2) is 0 Å². The van der Waals surface area contributed by atoms with Crippen LogP contribution in [0.4, 0.5) is 0 Å². The zero-order valence-corrected chi connectivity index (χ0v) is 10.6. The number of methoxy groups -OCH3 is 1. The lowest BCUT2D eigenvalue weighted by atomic mass is 10.0. The van der Waals surface area contributed by atoms with Crippen molar-refractivity contribution in [3.8, 4) is 5.75 Å². The molecule has 98 valence electrons. The predicted molar refractivity (Wildman–Crippen MR) is 68.8 cm³/mol. The molecule has 0 spiro atoms. The van der Waals surface area contributed by atoms with Crippen molar-refractivity contribution in [3.63, 3.8) is 0 Å². The van der Waals surface area contributed by atoms with Crippen LogP contribution in [-0.2, 0) is 4.79 Å². The molecule has 1 N–H and O–H groups in total. The zero-order chi connectivity index (χ0) is 13.0. The third-order valence-electron chi connectivity index (χ3n) is 3.47. The highest BCUT2D eigenvalue weighted by atomic mass is 16.5. The summed E-state index contributed by atoms with van der Waals surface area (Å²) in [5.74, 6) is 0.158. The first-order chi connectivity index (χ1) is 8.72. The molecular weight excluding hydrogens is 230 g/mol. The number of likely N-dealkylation sites (tertiary alicyclic amines) is 1. The maximum atomic E-state index is 10.7. The lowest BCUT2D eigenvalue weighted by Gasteiger charge is -2.25. The second-order valence-corrected chi connectivity index (χ2v) is 4.58. The van der Waals surface area contributed by atoms with Gasteiger partial charge >= 0.3 is 5.97 Å². The van der Waals surface area contributed by atoms with Crippen LogP contribution >= 0.6 is 0 Å². The van der Waals surface area contributed by atoms with Gasteiger partial charge in [0.1, 0.15) is 5.75 Å². The van der Waals surface area contributed by atoms with Crippen molar-refractivity contribution < 1.29 is 14.6 Å². The van der Waals surface area contributed by atoms with Gasteiger partial charge < -0.3 is 9.84 Å². The molecule has 18 heavy (non-hydrogen) atoms. The summed E-state index contributed by atoms with van der Waals surface area (Å²) in [5.41, 5.74) is 1.17. The first kappa shape index (κ1) is 12.9. The number of ether oxygens (including phenoxy) is 1. The molecule has 1 fully saturated rings. The first-order valence-corrected chi connectivity index (χ1v) is 6.31. The average molecular weight is 249 g/mol. The van der Waals surface area contributed by atoms with Gasteiger partial charge in [0, 0.05) is 18.2 Å². The number of carboxylic acids is 1. The molecule has 0 radical (unpaired) electrons. The van der Waals surface area contributed by atoms with Crippen LogP contribution in [0, 0.1) is 0 Å². The molecular formula is C14H19NO3. The molecule has 1 heterocycles. The molecule has 0 bridgehead atoms. The lowest BCUT2D eigenvalue weighted by Crippen LogP contribution is -2.26. The Balaban J connectivity index is 2.12. The highest BCUT2D eigenvalue weighted by Crippen LogP contribution is 2.36. The van der Waals surface area contributed by atoms with Gasteiger partial charge in [0.05, 0.1) is 13.5 Å². The third kappa shape index (κ3) is 2.82. The largest absolute Gasteiger partial charge is 0.496 e. The molecule has 1 aliphatic rings. The Morgan fingerprint density at radius 3 is 3.00 bits per heavy atom. The average Bonchev–Trinajstić information content (AvgIpc) is 2.84. The van der Waals surface area contributed by atoms with Crippen molar-refractivity contribution >= 4 is 5.97 Å². The van der Waals surface area contributed by atoms with Gasteiger partial charge in [0.25, 0.3) is 0 Å². The summed E-state index contributed by atoms with van der Waals surface area (Å²) in [6, 6.07) is 8.29. The number of aliphatic carboxylic acids is 1. The van der Waals surface area contributed by atoms with E-state index in [4.69, 9.17) is 9.84 Å². The molecule has 1 aromatic rings. The predicted octanol–water partition coefficient (Wildman–Crippen LogP) is 2.31. The normalized spacial score (nSPS) is 19.9. The number of carboxylic acid groups (broad SMARTS) is 1. The minimum Gasteiger partial charge on any atom is -0.496 e. The van der Waals surface area contributed by atoms with Crippen molar-refractivity contribution in [1.82, 2.24) is 4.90 Å². The molecule has 0 aromatic heterocycles. The smallest absolute Gasteiger partial charge is 0.304 e. The van der Waals surface area contributed by atoms with Gasteiger partial charge in [-0.3, -0.25) is 9.69 Å². The van der Waals surface area contributed by atoms with Crippen LogP contribution in [0.5, 0.6) is 5.75 Å². The second kappa shape index (κ2) is 5.87. The SMILES string of the molecule is COc1ccccc1[C@H]1CCCN1CCC(=O)O. The Morgan fingerprint density at radius 2 is 2.28 bits per heavy atom. The highest BCUT2D eigenvalue weighted by molar-refractivity contribution is 5.66. The van der Waals surface area contributed by atoms with Gasteiger partial charge in [-0.15, -0.1) is 0 Å². The van der Waals surface area contributed by atoms with Crippen LogP contribution in [0.25, 0.3) is 0 Å². The van der Waals surface area contributed by atoms with Gasteiger partial charge in [-0.05, 0) is 25.5 Å². The molecule has 0 amide bonds. The summed E-state index contributed by atoms with van der Waals surface area (Å²) in [6.07, 6.45) is 2.38. The van der Waals surface area contributed by atoms with Crippen molar-refractivity contribution in [1.29, 1.82) is 0 Å².